The minimum atomic E-state index is -2.65. The summed E-state index contributed by atoms with van der Waals surface area (Å²) in [6.45, 7) is -2.65. The van der Waals surface area contributed by atoms with Crippen LogP contribution >= 0.6 is 0 Å². The molecule has 0 aliphatic heterocycles. The number of halogens is 2. The van der Waals surface area contributed by atoms with Crippen LogP contribution < -0.4 is 0 Å². The van der Waals surface area contributed by atoms with Crippen molar-refractivity contribution in [2.24, 2.45) is 5.92 Å². The molecule has 1 fully saturated rings. The Balaban J connectivity index is 1.48. The van der Waals surface area contributed by atoms with Crippen molar-refractivity contribution in [1.29, 1.82) is 5.26 Å². The highest BCUT2D eigenvalue weighted by Gasteiger charge is 2.26. The van der Waals surface area contributed by atoms with E-state index in [0.29, 0.717) is 16.2 Å². The molecule has 1 saturated carbocycles. The van der Waals surface area contributed by atoms with Crippen molar-refractivity contribution >= 4 is 5.52 Å². The molecular weight excluding hydrogens is 398 g/mol. The van der Waals surface area contributed by atoms with Gasteiger partial charge in [-0.2, -0.15) is 24.2 Å². The molecular formula is C23H20F2N6. The third kappa shape index (κ3) is 3.56. The third-order valence-corrected chi connectivity index (χ3v) is 6.09. The van der Waals surface area contributed by atoms with Gasteiger partial charge in [0.15, 0.2) is 0 Å². The molecule has 0 bridgehead atoms. The molecule has 6 nitrogen and oxygen atoms in total. The van der Waals surface area contributed by atoms with E-state index in [2.05, 4.69) is 16.3 Å². The van der Waals surface area contributed by atoms with E-state index < -0.39 is 6.55 Å². The van der Waals surface area contributed by atoms with Gasteiger partial charge in [0, 0.05) is 41.6 Å². The number of rotatable bonds is 4. The Kier molecular flexibility index (Phi) is 4.94. The van der Waals surface area contributed by atoms with Gasteiger partial charge in [-0.15, -0.1) is 0 Å². The number of alkyl halides is 2. The van der Waals surface area contributed by atoms with Crippen molar-refractivity contribution in [2.45, 2.75) is 38.2 Å². The first-order valence-electron chi connectivity index (χ1n) is 10.3. The Hall–Kier alpha value is -3.60. The van der Waals surface area contributed by atoms with Gasteiger partial charge in [0.1, 0.15) is 0 Å². The number of hydrogen-bond donors (Lipinski definition) is 0. The van der Waals surface area contributed by atoms with Crippen LogP contribution in [-0.4, -0.2) is 24.4 Å². The standard InChI is InChI=1S/C23H20F2N6/c24-23(25)31-14-19(12-28-31)16-5-7-17(8-6-16)20-13-29-30-10-9-27-21(22(20)30)18-3-1-15(11-26)2-4-18/h5-10,12-15,18,23H,1-4H2/t15-,18+. The molecule has 3 aromatic heterocycles. The van der Waals surface area contributed by atoms with Crippen LogP contribution in [-0.2, 0) is 0 Å². The second kappa shape index (κ2) is 7.91. The van der Waals surface area contributed by atoms with Crippen LogP contribution in [0.3, 0.4) is 0 Å². The van der Waals surface area contributed by atoms with Gasteiger partial charge < -0.3 is 0 Å². The van der Waals surface area contributed by atoms with Crippen LogP contribution in [0.5, 0.6) is 0 Å². The fourth-order valence-corrected chi connectivity index (χ4v) is 4.41. The molecule has 5 rings (SSSR count). The summed E-state index contributed by atoms with van der Waals surface area (Å²) in [6, 6.07) is 10.1. The second-order valence-electron chi connectivity index (χ2n) is 7.91. The average Bonchev–Trinajstić information content (AvgIpc) is 3.47. The van der Waals surface area contributed by atoms with E-state index in [4.69, 9.17) is 4.98 Å². The topological polar surface area (TPSA) is 71.8 Å². The van der Waals surface area contributed by atoms with E-state index in [1.165, 1.54) is 12.4 Å². The second-order valence-corrected chi connectivity index (χ2v) is 7.91. The molecule has 0 amide bonds. The summed E-state index contributed by atoms with van der Waals surface area (Å²) >= 11 is 0. The number of nitrogens with zero attached hydrogens (tertiary/aromatic N) is 6. The number of hydrogen-bond acceptors (Lipinski definition) is 4. The zero-order valence-electron chi connectivity index (χ0n) is 16.7. The lowest BCUT2D eigenvalue weighted by Crippen LogP contribution is -2.14. The minimum absolute atomic E-state index is 0.141. The van der Waals surface area contributed by atoms with Crippen molar-refractivity contribution in [3.63, 3.8) is 0 Å². The lowest BCUT2D eigenvalue weighted by Gasteiger charge is -2.24. The van der Waals surface area contributed by atoms with Gasteiger partial charge in [0.05, 0.1) is 29.7 Å². The highest BCUT2D eigenvalue weighted by Crippen LogP contribution is 2.38. The minimum Gasteiger partial charge on any atom is -0.257 e. The number of benzene rings is 1. The van der Waals surface area contributed by atoms with Crippen LogP contribution in [0, 0.1) is 17.2 Å². The van der Waals surface area contributed by atoms with E-state index in [-0.39, 0.29) is 5.92 Å². The summed E-state index contributed by atoms with van der Waals surface area (Å²) in [5.41, 5.74) is 5.44. The van der Waals surface area contributed by atoms with Crippen molar-refractivity contribution in [2.75, 3.05) is 0 Å². The summed E-state index contributed by atoms with van der Waals surface area (Å²) in [4.78, 5) is 4.70. The molecule has 0 N–H and O–H groups in total. The molecule has 3 heterocycles. The lowest BCUT2D eigenvalue weighted by atomic mass is 9.80. The highest BCUT2D eigenvalue weighted by atomic mass is 19.3. The molecule has 0 spiro atoms. The Morgan fingerprint density at radius 2 is 1.71 bits per heavy atom. The third-order valence-electron chi connectivity index (χ3n) is 6.09. The van der Waals surface area contributed by atoms with Crippen molar-refractivity contribution in [3.8, 4) is 28.3 Å². The molecule has 0 atom stereocenters. The maximum Gasteiger partial charge on any atom is 0.333 e. The molecule has 1 aromatic carbocycles. The molecule has 1 aliphatic rings. The molecule has 4 aromatic rings. The van der Waals surface area contributed by atoms with Crippen LogP contribution in [0.15, 0.2) is 55.2 Å². The van der Waals surface area contributed by atoms with E-state index >= 15 is 0 Å². The zero-order chi connectivity index (χ0) is 21.4. The van der Waals surface area contributed by atoms with E-state index in [0.717, 1.165) is 53.6 Å². The Morgan fingerprint density at radius 1 is 0.968 bits per heavy atom. The predicted octanol–water partition coefficient (Wildman–Crippen LogP) is 5.45. The molecule has 0 radical (unpaired) electrons. The van der Waals surface area contributed by atoms with Crippen LogP contribution in [0.25, 0.3) is 27.8 Å². The van der Waals surface area contributed by atoms with Crippen molar-refractivity contribution in [1.82, 2.24) is 24.4 Å². The first kappa shape index (κ1) is 19.4. The molecule has 31 heavy (non-hydrogen) atoms. The van der Waals surface area contributed by atoms with Gasteiger partial charge >= 0.3 is 6.55 Å². The van der Waals surface area contributed by atoms with Gasteiger partial charge in [-0.05, 0) is 36.8 Å². The zero-order valence-corrected chi connectivity index (χ0v) is 16.7. The number of fused-ring (bicyclic) bond motifs is 1. The maximum absolute atomic E-state index is 12.8. The lowest BCUT2D eigenvalue weighted by molar-refractivity contribution is 0.0566. The largest absolute Gasteiger partial charge is 0.333 e. The monoisotopic (exact) mass is 418 g/mol. The van der Waals surface area contributed by atoms with E-state index in [1.54, 1.807) is 6.20 Å². The normalized spacial score (nSPS) is 19.0. The summed E-state index contributed by atoms with van der Waals surface area (Å²) < 4.78 is 28.1. The van der Waals surface area contributed by atoms with Crippen LogP contribution in [0.4, 0.5) is 8.78 Å². The van der Waals surface area contributed by atoms with Gasteiger partial charge in [-0.3, -0.25) is 4.98 Å². The smallest absolute Gasteiger partial charge is 0.257 e. The fraction of sp³-hybridized carbons (Fsp3) is 0.304. The van der Waals surface area contributed by atoms with Gasteiger partial charge in [0.25, 0.3) is 0 Å². The average molecular weight is 418 g/mol. The van der Waals surface area contributed by atoms with Gasteiger partial charge in [0.2, 0.25) is 0 Å². The Labute approximate surface area is 177 Å². The molecule has 8 heteroatoms. The highest BCUT2D eigenvalue weighted by molar-refractivity contribution is 5.83. The Morgan fingerprint density at radius 3 is 2.39 bits per heavy atom. The molecule has 0 unspecified atom stereocenters. The first-order chi connectivity index (χ1) is 15.1. The van der Waals surface area contributed by atoms with E-state index in [1.807, 2.05) is 41.2 Å². The maximum atomic E-state index is 12.8. The summed E-state index contributed by atoms with van der Waals surface area (Å²) in [6.07, 6.45) is 11.9. The van der Waals surface area contributed by atoms with Gasteiger partial charge in [-0.25, -0.2) is 9.20 Å². The SMILES string of the molecule is N#C[C@H]1CC[C@@H](c2nccn3ncc(-c4ccc(-c5cnn(C(F)F)c5)cc4)c23)CC1. The molecule has 156 valence electrons. The molecule has 0 saturated heterocycles. The predicted molar refractivity (Wildman–Crippen MR) is 111 cm³/mol. The molecule has 1 aliphatic carbocycles. The van der Waals surface area contributed by atoms with Crippen LogP contribution in [0.1, 0.15) is 43.8 Å². The summed E-state index contributed by atoms with van der Waals surface area (Å²) in [5.74, 6) is 0.450. The number of aromatic nitrogens is 5. The Bertz CT molecular complexity index is 1240. The van der Waals surface area contributed by atoms with Crippen LogP contribution in [0.2, 0.25) is 0 Å². The van der Waals surface area contributed by atoms with Crippen molar-refractivity contribution < 1.29 is 8.78 Å². The van der Waals surface area contributed by atoms with E-state index in [9.17, 15) is 14.0 Å². The quantitative estimate of drug-likeness (QED) is 0.442. The van der Waals surface area contributed by atoms with Gasteiger partial charge in [-0.1, -0.05) is 24.3 Å². The summed E-state index contributed by atoms with van der Waals surface area (Å²) in [7, 11) is 0. The summed E-state index contributed by atoms with van der Waals surface area (Å²) in [5, 5.41) is 17.4. The van der Waals surface area contributed by atoms with Crippen molar-refractivity contribution in [3.05, 3.63) is 60.9 Å². The number of nitriles is 1. The fourth-order valence-electron chi connectivity index (χ4n) is 4.41. The first-order valence-corrected chi connectivity index (χ1v) is 10.3.